The summed E-state index contributed by atoms with van der Waals surface area (Å²) in [4.78, 5) is 14.3. The first kappa shape index (κ1) is 13.5. The Morgan fingerprint density at radius 2 is 2.00 bits per heavy atom. The van der Waals surface area contributed by atoms with E-state index in [1.807, 2.05) is 6.92 Å². The maximum Gasteiger partial charge on any atom is 0.135 e. The van der Waals surface area contributed by atoms with Crippen LogP contribution in [0.1, 0.15) is 29.9 Å². The molecule has 114 valence electrons. The van der Waals surface area contributed by atoms with Crippen molar-refractivity contribution in [1.29, 1.82) is 0 Å². The SMILES string of the molecule is Cc1nc2c(c(N3CC4OCCN(C)C4C3)n1)CCCC2. The monoisotopic (exact) mass is 288 g/mol. The number of morpholine rings is 1. The molecule has 21 heavy (non-hydrogen) atoms. The fourth-order valence-corrected chi connectivity index (χ4v) is 3.99. The number of aromatic nitrogens is 2. The molecule has 2 atom stereocenters. The van der Waals surface area contributed by atoms with Gasteiger partial charge in [-0.25, -0.2) is 9.97 Å². The van der Waals surface area contributed by atoms with Gasteiger partial charge in [-0.05, 0) is 39.7 Å². The van der Waals surface area contributed by atoms with Crippen LogP contribution >= 0.6 is 0 Å². The number of hydrogen-bond donors (Lipinski definition) is 0. The van der Waals surface area contributed by atoms with Gasteiger partial charge in [-0.1, -0.05) is 0 Å². The number of rotatable bonds is 1. The molecule has 0 N–H and O–H groups in total. The van der Waals surface area contributed by atoms with Gasteiger partial charge in [0.15, 0.2) is 0 Å². The van der Waals surface area contributed by atoms with Crippen LogP contribution in [-0.4, -0.2) is 60.3 Å². The Hall–Kier alpha value is -1.20. The lowest BCUT2D eigenvalue weighted by molar-refractivity contribution is -0.0362. The van der Waals surface area contributed by atoms with Crippen LogP contribution in [0.2, 0.25) is 0 Å². The van der Waals surface area contributed by atoms with Crippen LogP contribution < -0.4 is 4.90 Å². The van der Waals surface area contributed by atoms with Crippen molar-refractivity contribution in [2.24, 2.45) is 0 Å². The van der Waals surface area contributed by atoms with E-state index in [0.717, 1.165) is 44.9 Å². The normalized spacial score (nSPS) is 29.3. The molecule has 2 fully saturated rings. The molecule has 2 saturated heterocycles. The zero-order chi connectivity index (χ0) is 14.4. The van der Waals surface area contributed by atoms with Crippen molar-refractivity contribution in [2.75, 3.05) is 38.2 Å². The zero-order valence-corrected chi connectivity index (χ0v) is 13.0. The second-order valence-electron chi connectivity index (χ2n) is 6.59. The average molecular weight is 288 g/mol. The van der Waals surface area contributed by atoms with E-state index in [4.69, 9.17) is 9.72 Å². The lowest BCUT2D eigenvalue weighted by Crippen LogP contribution is -2.48. The van der Waals surface area contributed by atoms with Crippen LogP contribution in [0.25, 0.3) is 0 Å². The minimum Gasteiger partial charge on any atom is -0.373 e. The molecule has 4 rings (SSSR count). The van der Waals surface area contributed by atoms with Gasteiger partial charge < -0.3 is 9.64 Å². The highest BCUT2D eigenvalue weighted by atomic mass is 16.5. The van der Waals surface area contributed by atoms with E-state index in [1.54, 1.807) is 0 Å². The first-order chi connectivity index (χ1) is 10.2. The Kier molecular flexibility index (Phi) is 3.34. The van der Waals surface area contributed by atoms with Crippen molar-refractivity contribution in [2.45, 2.75) is 44.8 Å². The number of hydrogen-bond acceptors (Lipinski definition) is 5. The molecule has 0 amide bonds. The fourth-order valence-electron chi connectivity index (χ4n) is 3.99. The van der Waals surface area contributed by atoms with Gasteiger partial charge in [-0.15, -0.1) is 0 Å². The highest BCUT2D eigenvalue weighted by Crippen LogP contribution is 2.32. The van der Waals surface area contributed by atoms with Gasteiger partial charge in [0.1, 0.15) is 11.6 Å². The number of nitrogens with zero attached hydrogens (tertiary/aromatic N) is 4. The predicted molar refractivity (Wildman–Crippen MR) is 81.8 cm³/mol. The van der Waals surface area contributed by atoms with E-state index in [9.17, 15) is 0 Å². The zero-order valence-electron chi connectivity index (χ0n) is 13.0. The molecule has 5 heteroatoms. The van der Waals surface area contributed by atoms with E-state index in [-0.39, 0.29) is 0 Å². The lowest BCUT2D eigenvalue weighted by Gasteiger charge is -2.33. The molecule has 1 aliphatic carbocycles. The maximum atomic E-state index is 5.97. The second kappa shape index (κ2) is 5.21. The number of anilines is 1. The van der Waals surface area contributed by atoms with Gasteiger partial charge in [0.25, 0.3) is 0 Å². The maximum absolute atomic E-state index is 5.97. The third-order valence-corrected chi connectivity index (χ3v) is 5.15. The van der Waals surface area contributed by atoms with Crippen LogP contribution in [0.15, 0.2) is 0 Å². The first-order valence-electron chi connectivity index (χ1n) is 8.15. The lowest BCUT2D eigenvalue weighted by atomic mass is 9.96. The third kappa shape index (κ3) is 2.32. The Bertz CT molecular complexity index is 547. The molecular weight excluding hydrogens is 264 g/mol. The number of aryl methyl sites for hydroxylation is 2. The molecule has 2 unspecified atom stereocenters. The van der Waals surface area contributed by atoms with Gasteiger partial charge >= 0.3 is 0 Å². The summed E-state index contributed by atoms with van der Waals surface area (Å²) in [6, 6.07) is 0.508. The molecule has 3 aliphatic rings. The van der Waals surface area contributed by atoms with Gasteiger partial charge in [-0.3, -0.25) is 4.90 Å². The predicted octanol–water partition coefficient (Wildman–Crippen LogP) is 1.18. The summed E-state index contributed by atoms with van der Waals surface area (Å²) in [5, 5.41) is 0. The number of likely N-dealkylation sites (N-methyl/N-ethyl adjacent to an activating group) is 1. The summed E-state index contributed by atoms with van der Waals surface area (Å²) in [6.45, 7) is 5.91. The summed E-state index contributed by atoms with van der Waals surface area (Å²) in [5.74, 6) is 2.10. The van der Waals surface area contributed by atoms with Gasteiger partial charge in [0, 0.05) is 30.9 Å². The van der Waals surface area contributed by atoms with Crippen LogP contribution in [0.5, 0.6) is 0 Å². The molecule has 0 aromatic carbocycles. The molecule has 0 radical (unpaired) electrons. The number of ether oxygens (including phenoxy) is 1. The van der Waals surface area contributed by atoms with Crippen molar-refractivity contribution in [1.82, 2.24) is 14.9 Å². The fraction of sp³-hybridized carbons (Fsp3) is 0.750. The molecule has 2 aliphatic heterocycles. The summed E-state index contributed by atoms with van der Waals surface area (Å²) in [6.07, 6.45) is 5.11. The molecule has 0 bridgehead atoms. The van der Waals surface area contributed by atoms with Gasteiger partial charge in [-0.2, -0.15) is 0 Å². The third-order valence-electron chi connectivity index (χ3n) is 5.15. The van der Waals surface area contributed by atoms with Crippen molar-refractivity contribution < 1.29 is 4.74 Å². The van der Waals surface area contributed by atoms with Crippen LogP contribution in [0.4, 0.5) is 5.82 Å². The summed E-state index contributed by atoms with van der Waals surface area (Å²) in [5.41, 5.74) is 2.68. The molecule has 5 nitrogen and oxygen atoms in total. The highest BCUT2D eigenvalue weighted by Gasteiger charge is 2.40. The second-order valence-corrected chi connectivity index (χ2v) is 6.59. The van der Waals surface area contributed by atoms with Crippen molar-refractivity contribution in [3.63, 3.8) is 0 Å². The summed E-state index contributed by atoms with van der Waals surface area (Å²) in [7, 11) is 2.21. The quantitative estimate of drug-likeness (QED) is 0.776. The molecule has 0 spiro atoms. The van der Waals surface area contributed by atoms with Crippen LogP contribution in [0.3, 0.4) is 0 Å². The van der Waals surface area contributed by atoms with Gasteiger partial charge in [0.05, 0.1) is 18.8 Å². The summed E-state index contributed by atoms with van der Waals surface area (Å²) >= 11 is 0. The molecular formula is C16H24N4O. The number of fused-ring (bicyclic) bond motifs is 2. The van der Waals surface area contributed by atoms with E-state index in [0.29, 0.717) is 12.1 Å². The van der Waals surface area contributed by atoms with Crippen LogP contribution in [-0.2, 0) is 17.6 Å². The topological polar surface area (TPSA) is 41.5 Å². The molecule has 3 heterocycles. The summed E-state index contributed by atoms with van der Waals surface area (Å²) < 4.78 is 5.97. The molecule has 1 aromatic heterocycles. The standard InChI is InChI=1S/C16H24N4O/c1-11-17-13-6-4-3-5-12(13)16(18-11)20-9-14-15(10-20)21-8-7-19(14)2/h14-15H,3-10H2,1-2H3. The van der Waals surface area contributed by atoms with E-state index >= 15 is 0 Å². The van der Waals surface area contributed by atoms with Crippen molar-refractivity contribution in [3.05, 3.63) is 17.1 Å². The minimum absolute atomic E-state index is 0.332. The molecule has 0 saturated carbocycles. The van der Waals surface area contributed by atoms with E-state index in [1.165, 1.54) is 29.9 Å². The van der Waals surface area contributed by atoms with Crippen molar-refractivity contribution in [3.8, 4) is 0 Å². The van der Waals surface area contributed by atoms with E-state index in [2.05, 4.69) is 21.8 Å². The van der Waals surface area contributed by atoms with Gasteiger partial charge in [0.2, 0.25) is 0 Å². The Labute approximate surface area is 126 Å². The average Bonchev–Trinajstić information content (AvgIpc) is 2.92. The Morgan fingerprint density at radius 1 is 1.14 bits per heavy atom. The minimum atomic E-state index is 0.332. The Balaban J connectivity index is 1.66. The Morgan fingerprint density at radius 3 is 2.86 bits per heavy atom. The van der Waals surface area contributed by atoms with E-state index < -0.39 is 0 Å². The van der Waals surface area contributed by atoms with Crippen LogP contribution in [0, 0.1) is 6.92 Å². The highest BCUT2D eigenvalue weighted by molar-refractivity contribution is 5.52. The largest absolute Gasteiger partial charge is 0.373 e. The first-order valence-corrected chi connectivity index (χ1v) is 8.15. The van der Waals surface area contributed by atoms with Crippen molar-refractivity contribution >= 4 is 5.82 Å². The smallest absolute Gasteiger partial charge is 0.135 e. The molecule has 1 aromatic rings.